The quantitative estimate of drug-likeness (QED) is 0.640. The largest absolute Gasteiger partial charge is 0.333 e. The fourth-order valence-electron chi connectivity index (χ4n) is 2.82. The van der Waals surface area contributed by atoms with Crippen molar-refractivity contribution in [3.05, 3.63) is 58.0 Å². The number of amides is 2. The van der Waals surface area contributed by atoms with Crippen LogP contribution in [-0.4, -0.2) is 34.7 Å². The van der Waals surface area contributed by atoms with E-state index in [0.717, 1.165) is 10.4 Å². The van der Waals surface area contributed by atoms with Crippen molar-refractivity contribution in [3.8, 4) is 0 Å². The summed E-state index contributed by atoms with van der Waals surface area (Å²) in [5.41, 5.74) is 0.860. The molecule has 0 radical (unpaired) electrons. The van der Waals surface area contributed by atoms with Gasteiger partial charge in [0.05, 0.1) is 13.1 Å². The molecule has 0 spiro atoms. The van der Waals surface area contributed by atoms with E-state index in [0.29, 0.717) is 26.1 Å². The Morgan fingerprint density at radius 1 is 1.04 bits per heavy atom. The number of halogens is 1. The summed E-state index contributed by atoms with van der Waals surface area (Å²) in [5, 5.41) is 1.97. The molecule has 146 valence electrons. The van der Waals surface area contributed by atoms with E-state index in [1.807, 2.05) is 38.3 Å². The maximum Gasteiger partial charge on any atom is 0.242 e. The van der Waals surface area contributed by atoms with Crippen LogP contribution < -0.4 is 0 Å². The Labute approximate surface area is 164 Å². The summed E-state index contributed by atoms with van der Waals surface area (Å²) >= 11 is 1.59. The molecule has 2 rings (SSSR count). The molecule has 1 heterocycles. The van der Waals surface area contributed by atoms with E-state index in [1.165, 1.54) is 12.1 Å². The van der Waals surface area contributed by atoms with E-state index in [-0.39, 0.29) is 30.1 Å². The van der Waals surface area contributed by atoms with Crippen LogP contribution in [0.2, 0.25) is 0 Å². The van der Waals surface area contributed by atoms with Gasteiger partial charge in [-0.05, 0) is 35.1 Å². The number of rotatable bonds is 9. The predicted molar refractivity (Wildman–Crippen MR) is 107 cm³/mol. The second kappa shape index (κ2) is 10.2. The molecule has 0 atom stereocenters. The molecule has 1 aromatic heterocycles. The van der Waals surface area contributed by atoms with Crippen LogP contribution >= 0.6 is 11.3 Å². The van der Waals surface area contributed by atoms with Gasteiger partial charge in [-0.15, -0.1) is 11.3 Å². The van der Waals surface area contributed by atoms with Gasteiger partial charge in [-0.25, -0.2) is 4.39 Å². The van der Waals surface area contributed by atoms with Crippen molar-refractivity contribution < 1.29 is 14.0 Å². The molecule has 0 aliphatic heterocycles. The van der Waals surface area contributed by atoms with E-state index >= 15 is 0 Å². The number of benzene rings is 1. The number of hydrogen-bond acceptors (Lipinski definition) is 3. The molecule has 1 aromatic carbocycles. The third kappa shape index (κ3) is 6.79. The van der Waals surface area contributed by atoms with Gasteiger partial charge in [0, 0.05) is 24.4 Å². The van der Waals surface area contributed by atoms with Crippen LogP contribution in [0.4, 0.5) is 4.39 Å². The Morgan fingerprint density at radius 3 is 2.30 bits per heavy atom. The normalized spacial score (nSPS) is 10.9. The van der Waals surface area contributed by atoms with Crippen LogP contribution in [0.3, 0.4) is 0 Å². The lowest BCUT2D eigenvalue weighted by Crippen LogP contribution is -2.43. The summed E-state index contributed by atoms with van der Waals surface area (Å²) in [6.45, 7) is 7.35. The van der Waals surface area contributed by atoms with Gasteiger partial charge < -0.3 is 9.80 Å². The van der Waals surface area contributed by atoms with Gasteiger partial charge in [0.25, 0.3) is 0 Å². The smallest absolute Gasteiger partial charge is 0.242 e. The van der Waals surface area contributed by atoms with Crippen molar-refractivity contribution in [3.63, 3.8) is 0 Å². The van der Waals surface area contributed by atoms with Gasteiger partial charge in [-0.2, -0.15) is 0 Å². The van der Waals surface area contributed by atoms with Gasteiger partial charge in [-0.3, -0.25) is 9.59 Å². The Morgan fingerprint density at radius 2 is 1.74 bits per heavy atom. The zero-order chi connectivity index (χ0) is 19.8. The lowest BCUT2D eigenvalue weighted by atomic mass is 10.2. The highest BCUT2D eigenvalue weighted by Crippen LogP contribution is 2.16. The molecule has 0 bridgehead atoms. The molecular weight excluding hydrogens is 363 g/mol. The topological polar surface area (TPSA) is 40.6 Å². The molecule has 0 aliphatic rings. The zero-order valence-electron chi connectivity index (χ0n) is 16.2. The fraction of sp³-hybridized carbons (Fsp3) is 0.429. The van der Waals surface area contributed by atoms with Crippen LogP contribution in [0, 0.1) is 11.7 Å². The summed E-state index contributed by atoms with van der Waals surface area (Å²) in [6.07, 6.45) is 0.378. The molecule has 0 aliphatic carbocycles. The minimum Gasteiger partial charge on any atom is -0.333 e. The highest BCUT2D eigenvalue weighted by Gasteiger charge is 2.22. The third-order valence-electron chi connectivity index (χ3n) is 4.13. The van der Waals surface area contributed by atoms with E-state index in [2.05, 4.69) is 0 Å². The maximum absolute atomic E-state index is 13.2. The SMILES string of the molecule is CCC(=O)N(CC(=O)N(Cc1ccc(F)cc1)Cc1cccs1)CC(C)C. The minimum atomic E-state index is -0.300. The first-order valence-electron chi connectivity index (χ1n) is 9.21. The molecule has 0 unspecified atom stereocenters. The molecule has 0 fully saturated rings. The molecule has 0 saturated carbocycles. The van der Waals surface area contributed by atoms with Crippen molar-refractivity contribution >= 4 is 23.2 Å². The maximum atomic E-state index is 13.2. The van der Waals surface area contributed by atoms with Crippen LogP contribution in [0.1, 0.15) is 37.6 Å². The molecule has 27 heavy (non-hydrogen) atoms. The van der Waals surface area contributed by atoms with Crippen molar-refractivity contribution in [2.75, 3.05) is 13.1 Å². The summed E-state index contributed by atoms with van der Waals surface area (Å²) in [6, 6.07) is 10.1. The lowest BCUT2D eigenvalue weighted by Gasteiger charge is -2.28. The molecule has 2 amide bonds. The number of hydrogen-bond donors (Lipinski definition) is 0. The predicted octanol–water partition coefficient (Wildman–Crippen LogP) is 4.31. The second-order valence-electron chi connectivity index (χ2n) is 6.98. The number of nitrogens with zero attached hydrogens (tertiary/aromatic N) is 2. The molecule has 2 aromatic rings. The van der Waals surface area contributed by atoms with Gasteiger partial charge >= 0.3 is 0 Å². The Hall–Kier alpha value is -2.21. The second-order valence-corrected chi connectivity index (χ2v) is 8.01. The first-order chi connectivity index (χ1) is 12.9. The molecule has 0 saturated heterocycles. The van der Waals surface area contributed by atoms with Gasteiger partial charge in [-0.1, -0.05) is 39.0 Å². The number of carbonyl (C=O) groups is 2. The fourth-order valence-corrected chi connectivity index (χ4v) is 3.53. The highest BCUT2D eigenvalue weighted by atomic mass is 32.1. The Balaban J connectivity index is 2.15. The average molecular weight is 391 g/mol. The van der Waals surface area contributed by atoms with Gasteiger partial charge in [0.15, 0.2) is 0 Å². The van der Waals surface area contributed by atoms with E-state index < -0.39 is 0 Å². The minimum absolute atomic E-state index is 0.0186. The van der Waals surface area contributed by atoms with E-state index in [9.17, 15) is 14.0 Å². The number of thiophene rings is 1. The van der Waals surface area contributed by atoms with Crippen LogP contribution in [0.15, 0.2) is 41.8 Å². The lowest BCUT2D eigenvalue weighted by molar-refractivity contribution is -0.141. The molecular formula is C21H27FN2O2S. The summed E-state index contributed by atoms with van der Waals surface area (Å²) < 4.78 is 13.2. The van der Waals surface area contributed by atoms with Crippen molar-refractivity contribution in [1.82, 2.24) is 9.80 Å². The Kier molecular flexibility index (Phi) is 7.98. The first-order valence-corrected chi connectivity index (χ1v) is 10.1. The first kappa shape index (κ1) is 21.1. The Bertz CT molecular complexity index is 729. The average Bonchev–Trinajstić information content (AvgIpc) is 3.14. The van der Waals surface area contributed by atoms with E-state index in [1.54, 1.807) is 33.3 Å². The van der Waals surface area contributed by atoms with Crippen LogP contribution in [0.5, 0.6) is 0 Å². The van der Waals surface area contributed by atoms with E-state index in [4.69, 9.17) is 0 Å². The highest BCUT2D eigenvalue weighted by molar-refractivity contribution is 7.09. The monoisotopic (exact) mass is 390 g/mol. The van der Waals surface area contributed by atoms with Crippen molar-refractivity contribution in [2.45, 2.75) is 40.3 Å². The third-order valence-corrected chi connectivity index (χ3v) is 4.99. The summed E-state index contributed by atoms with van der Waals surface area (Å²) in [4.78, 5) is 29.7. The zero-order valence-corrected chi connectivity index (χ0v) is 17.0. The standard InChI is InChI=1S/C21H27FN2O2S/c1-4-20(25)23(12-16(2)3)15-21(26)24(14-19-6-5-11-27-19)13-17-7-9-18(22)10-8-17/h5-11,16H,4,12-15H2,1-3H3. The summed E-state index contributed by atoms with van der Waals surface area (Å²) in [7, 11) is 0. The van der Waals surface area contributed by atoms with Crippen LogP contribution in [0.25, 0.3) is 0 Å². The number of carbonyl (C=O) groups excluding carboxylic acids is 2. The van der Waals surface area contributed by atoms with Crippen molar-refractivity contribution in [2.24, 2.45) is 5.92 Å². The van der Waals surface area contributed by atoms with Crippen molar-refractivity contribution in [1.29, 1.82) is 0 Å². The van der Waals surface area contributed by atoms with Gasteiger partial charge in [0.2, 0.25) is 11.8 Å². The van der Waals surface area contributed by atoms with Crippen LogP contribution in [-0.2, 0) is 22.7 Å². The molecule has 0 N–H and O–H groups in total. The molecule has 6 heteroatoms. The molecule has 4 nitrogen and oxygen atoms in total. The van der Waals surface area contributed by atoms with Gasteiger partial charge in [0.1, 0.15) is 5.82 Å². The summed E-state index contributed by atoms with van der Waals surface area (Å²) in [5.74, 6) is -0.132.